The summed E-state index contributed by atoms with van der Waals surface area (Å²) >= 11 is 0. The Labute approximate surface area is 234 Å². The Bertz CT molecular complexity index is 1860. The van der Waals surface area contributed by atoms with E-state index in [1.807, 2.05) is 62.4 Å². The van der Waals surface area contributed by atoms with Gasteiger partial charge in [-0.2, -0.15) is 0 Å². The average molecular weight is 519 g/mol. The van der Waals surface area contributed by atoms with Crippen molar-refractivity contribution in [2.24, 2.45) is 0 Å². The van der Waals surface area contributed by atoms with E-state index in [1.165, 1.54) is 43.8 Å². The molecule has 194 valence electrons. The lowest BCUT2D eigenvalue weighted by molar-refractivity contribution is 0.668. The van der Waals surface area contributed by atoms with E-state index < -0.39 is 0 Å². The molecule has 0 aliphatic rings. The Kier molecular flexibility index (Phi) is 7.15. The minimum absolute atomic E-state index is 0.945. The zero-order valence-electron chi connectivity index (χ0n) is 22.7. The first kappa shape index (κ1) is 25.2. The van der Waals surface area contributed by atoms with Crippen LogP contribution in [0.25, 0.3) is 66.1 Å². The molecule has 0 N–H and O–H groups in total. The second-order valence-corrected chi connectivity index (χ2v) is 9.35. The van der Waals surface area contributed by atoms with Crippen LogP contribution in [0.2, 0.25) is 0 Å². The predicted molar refractivity (Wildman–Crippen MR) is 170 cm³/mol. The molecular formula is C38H30O2. The molecule has 0 saturated carbocycles. The maximum absolute atomic E-state index is 5.84. The Morgan fingerprint density at radius 3 is 1.07 bits per heavy atom. The summed E-state index contributed by atoms with van der Waals surface area (Å²) in [6.07, 6.45) is 0. The molecule has 2 heterocycles. The zero-order chi connectivity index (χ0) is 27.3. The minimum atomic E-state index is 0.945. The first-order chi connectivity index (χ1) is 19.8. The third-order valence-electron chi connectivity index (χ3n) is 6.97. The molecule has 0 spiro atoms. The van der Waals surface area contributed by atoms with E-state index in [9.17, 15) is 0 Å². The highest BCUT2D eigenvalue weighted by molar-refractivity contribution is 6.07. The van der Waals surface area contributed by atoms with Gasteiger partial charge in [-0.25, -0.2) is 0 Å². The molecule has 0 aliphatic carbocycles. The normalized spacial score (nSPS) is 10.8. The van der Waals surface area contributed by atoms with Gasteiger partial charge in [-0.15, -0.1) is 0 Å². The molecule has 8 rings (SSSR count). The van der Waals surface area contributed by atoms with E-state index in [-0.39, 0.29) is 0 Å². The second kappa shape index (κ2) is 11.3. The van der Waals surface area contributed by atoms with Gasteiger partial charge in [0.15, 0.2) is 0 Å². The lowest BCUT2D eigenvalue weighted by Crippen LogP contribution is -1.76. The quantitative estimate of drug-likeness (QED) is 0.227. The van der Waals surface area contributed by atoms with E-state index >= 15 is 0 Å². The monoisotopic (exact) mass is 518 g/mol. The van der Waals surface area contributed by atoms with Gasteiger partial charge >= 0.3 is 0 Å². The summed E-state index contributed by atoms with van der Waals surface area (Å²) < 4.78 is 11.7. The van der Waals surface area contributed by atoms with Crippen molar-refractivity contribution in [2.45, 2.75) is 13.8 Å². The van der Waals surface area contributed by atoms with Gasteiger partial charge in [0.05, 0.1) is 0 Å². The molecule has 0 fully saturated rings. The number of rotatable bonds is 2. The first-order valence-corrected chi connectivity index (χ1v) is 13.8. The van der Waals surface area contributed by atoms with Crippen LogP contribution in [-0.4, -0.2) is 0 Å². The summed E-state index contributed by atoms with van der Waals surface area (Å²) in [5, 5.41) is 4.71. The van der Waals surface area contributed by atoms with E-state index in [1.54, 1.807) is 0 Å². The Hall–Kier alpha value is -5.08. The Morgan fingerprint density at radius 2 is 0.650 bits per heavy atom. The molecule has 0 aliphatic heterocycles. The topological polar surface area (TPSA) is 26.3 Å². The van der Waals surface area contributed by atoms with Crippen LogP contribution in [0.15, 0.2) is 154 Å². The van der Waals surface area contributed by atoms with Gasteiger partial charge in [-0.3, -0.25) is 0 Å². The van der Waals surface area contributed by atoms with Crippen LogP contribution in [0.3, 0.4) is 0 Å². The van der Waals surface area contributed by atoms with Crippen LogP contribution in [0.5, 0.6) is 0 Å². The van der Waals surface area contributed by atoms with Crippen molar-refractivity contribution in [1.29, 1.82) is 0 Å². The number of benzene rings is 6. The fraction of sp³-hybridized carbons (Fsp3) is 0.0526. The van der Waals surface area contributed by atoms with E-state index in [0.29, 0.717) is 0 Å². The summed E-state index contributed by atoms with van der Waals surface area (Å²) in [5.41, 5.74) is 8.69. The van der Waals surface area contributed by atoms with Crippen LogP contribution in [0.4, 0.5) is 0 Å². The van der Waals surface area contributed by atoms with Crippen molar-refractivity contribution in [3.63, 3.8) is 0 Å². The second-order valence-electron chi connectivity index (χ2n) is 9.35. The molecule has 0 saturated heterocycles. The van der Waals surface area contributed by atoms with E-state index in [4.69, 9.17) is 8.83 Å². The summed E-state index contributed by atoms with van der Waals surface area (Å²) in [7, 11) is 0. The Morgan fingerprint density at radius 1 is 0.300 bits per heavy atom. The Balaban J connectivity index is 0.000000136. The lowest BCUT2D eigenvalue weighted by Gasteiger charge is -2.00. The number of fused-ring (bicyclic) bond motifs is 6. The molecule has 2 heteroatoms. The molecule has 2 nitrogen and oxygen atoms in total. The highest BCUT2D eigenvalue weighted by Crippen LogP contribution is 2.33. The molecule has 2 aromatic heterocycles. The highest BCUT2D eigenvalue weighted by Gasteiger charge is 2.08. The molecule has 40 heavy (non-hydrogen) atoms. The zero-order valence-corrected chi connectivity index (χ0v) is 22.7. The largest absolute Gasteiger partial charge is 0.456 e. The molecule has 0 amide bonds. The van der Waals surface area contributed by atoms with Crippen molar-refractivity contribution < 1.29 is 8.83 Å². The summed E-state index contributed by atoms with van der Waals surface area (Å²) in [6.45, 7) is 4.00. The standard InChI is InChI=1S/2C18H12O.C2H6/c2*1-2-6-13(7-3-1)14-10-11-18-16(12-14)15-8-4-5-9-17(15)19-18;1-2/h2*1-12H;1-2H3. The van der Waals surface area contributed by atoms with Gasteiger partial charge in [0, 0.05) is 21.5 Å². The average Bonchev–Trinajstić information content (AvgIpc) is 3.61. The van der Waals surface area contributed by atoms with E-state index in [0.717, 1.165) is 22.3 Å². The number of hydrogen-bond donors (Lipinski definition) is 0. The molecule has 6 aromatic carbocycles. The van der Waals surface area contributed by atoms with Crippen LogP contribution in [0, 0.1) is 0 Å². The number of hydrogen-bond acceptors (Lipinski definition) is 2. The fourth-order valence-corrected chi connectivity index (χ4v) is 5.07. The van der Waals surface area contributed by atoms with Gasteiger partial charge in [-0.05, 0) is 58.7 Å². The van der Waals surface area contributed by atoms with Crippen LogP contribution < -0.4 is 0 Å². The number of para-hydroxylation sites is 2. The van der Waals surface area contributed by atoms with Crippen molar-refractivity contribution in [1.82, 2.24) is 0 Å². The molecule has 8 aromatic rings. The van der Waals surface area contributed by atoms with Crippen molar-refractivity contribution in [3.05, 3.63) is 146 Å². The third-order valence-corrected chi connectivity index (χ3v) is 6.97. The van der Waals surface area contributed by atoms with Crippen LogP contribution in [-0.2, 0) is 0 Å². The SMILES string of the molecule is CC.c1ccc(-c2ccc3oc4ccccc4c3c2)cc1.c1ccc(-c2ccc3oc4ccccc4c3c2)cc1. The van der Waals surface area contributed by atoms with Gasteiger partial charge in [0.25, 0.3) is 0 Å². The predicted octanol–water partition coefficient (Wildman–Crippen LogP) is 11.5. The number of furan rings is 2. The van der Waals surface area contributed by atoms with Gasteiger partial charge in [-0.1, -0.05) is 123 Å². The minimum Gasteiger partial charge on any atom is -0.456 e. The van der Waals surface area contributed by atoms with Gasteiger partial charge in [0.2, 0.25) is 0 Å². The van der Waals surface area contributed by atoms with Crippen molar-refractivity contribution in [2.75, 3.05) is 0 Å². The highest BCUT2D eigenvalue weighted by atomic mass is 16.3. The fourth-order valence-electron chi connectivity index (χ4n) is 5.07. The summed E-state index contributed by atoms with van der Waals surface area (Å²) in [6, 6.07) is 49.9. The smallest absolute Gasteiger partial charge is 0.135 e. The third kappa shape index (κ3) is 4.88. The summed E-state index contributed by atoms with van der Waals surface area (Å²) in [5.74, 6) is 0. The maximum atomic E-state index is 5.84. The van der Waals surface area contributed by atoms with Gasteiger partial charge in [0.1, 0.15) is 22.3 Å². The molecule has 0 radical (unpaired) electrons. The van der Waals surface area contributed by atoms with Crippen molar-refractivity contribution in [3.8, 4) is 22.3 Å². The molecule has 0 unspecified atom stereocenters. The molecule has 0 atom stereocenters. The van der Waals surface area contributed by atoms with Gasteiger partial charge < -0.3 is 8.83 Å². The van der Waals surface area contributed by atoms with Crippen LogP contribution >= 0.6 is 0 Å². The molecular weight excluding hydrogens is 488 g/mol. The lowest BCUT2D eigenvalue weighted by atomic mass is 10.0. The molecule has 0 bridgehead atoms. The maximum Gasteiger partial charge on any atom is 0.135 e. The first-order valence-electron chi connectivity index (χ1n) is 13.8. The van der Waals surface area contributed by atoms with E-state index in [2.05, 4.69) is 97.1 Å². The summed E-state index contributed by atoms with van der Waals surface area (Å²) in [4.78, 5) is 0. The van der Waals surface area contributed by atoms with Crippen molar-refractivity contribution >= 4 is 43.9 Å². The van der Waals surface area contributed by atoms with Crippen LogP contribution in [0.1, 0.15) is 13.8 Å².